The Hall–Kier alpha value is -2.59. The summed E-state index contributed by atoms with van der Waals surface area (Å²) in [6, 6.07) is 10.4. The number of aliphatic hydroxyl groups is 1. The van der Waals surface area contributed by atoms with Crippen molar-refractivity contribution in [3.05, 3.63) is 70.3 Å². The first-order chi connectivity index (χ1) is 18.1. The summed E-state index contributed by atoms with van der Waals surface area (Å²) in [6.07, 6.45) is 9.01. The number of carbonyl (C=O) groups is 1. The smallest absolute Gasteiger partial charge is 0.341 e. The number of benzene rings is 2. The van der Waals surface area contributed by atoms with Crippen LogP contribution in [0.15, 0.2) is 48.6 Å². The van der Waals surface area contributed by atoms with Crippen LogP contribution in [0.1, 0.15) is 48.8 Å². The number of allylic oxidation sites excluding steroid dienone is 1. The third kappa shape index (κ3) is 6.51. The molecule has 2 aliphatic rings. The van der Waals surface area contributed by atoms with Gasteiger partial charge >= 0.3 is 5.97 Å². The normalized spacial score (nSPS) is 24.0. The summed E-state index contributed by atoms with van der Waals surface area (Å²) in [7, 11) is -2.70. The lowest BCUT2D eigenvalue weighted by Crippen LogP contribution is -2.46. The highest BCUT2D eigenvalue weighted by Gasteiger charge is 2.44. The van der Waals surface area contributed by atoms with Gasteiger partial charge in [-0.3, -0.25) is 0 Å². The molecule has 0 saturated carbocycles. The van der Waals surface area contributed by atoms with E-state index in [1.54, 1.807) is 18.2 Å². The molecule has 2 aliphatic heterocycles. The molecule has 10 heteroatoms. The molecule has 0 saturated heterocycles. The molecular formula is C28H35ClN2O6S. The molecule has 2 aromatic rings. The predicted octanol–water partition coefficient (Wildman–Crippen LogP) is 4.34. The monoisotopic (exact) mass is 562 g/mol. The van der Waals surface area contributed by atoms with E-state index in [-0.39, 0.29) is 12.1 Å². The molecule has 2 N–H and O–H groups in total. The Morgan fingerprint density at radius 3 is 2.55 bits per heavy atom. The van der Waals surface area contributed by atoms with Gasteiger partial charge in [-0.1, -0.05) is 35.9 Å². The van der Waals surface area contributed by atoms with E-state index in [0.29, 0.717) is 29.6 Å². The minimum atomic E-state index is -4.09. The van der Waals surface area contributed by atoms with Crippen molar-refractivity contribution in [2.45, 2.75) is 50.7 Å². The van der Waals surface area contributed by atoms with Gasteiger partial charge in [-0.05, 0) is 79.5 Å². The van der Waals surface area contributed by atoms with Gasteiger partial charge in [0.1, 0.15) is 18.1 Å². The van der Waals surface area contributed by atoms with Crippen molar-refractivity contribution in [2.24, 2.45) is 0 Å². The van der Waals surface area contributed by atoms with Crippen molar-refractivity contribution < 1.29 is 28.2 Å². The van der Waals surface area contributed by atoms with Crippen molar-refractivity contribution in [3.8, 4) is 5.75 Å². The lowest BCUT2D eigenvalue weighted by molar-refractivity contribution is -0.157. The highest BCUT2D eigenvalue weighted by molar-refractivity contribution is 7.89. The van der Waals surface area contributed by atoms with E-state index < -0.39 is 27.3 Å². The fourth-order valence-corrected chi connectivity index (χ4v) is 6.45. The van der Waals surface area contributed by atoms with Crippen molar-refractivity contribution >= 4 is 33.3 Å². The summed E-state index contributed by atoms with van der Waals surface area (Å²) < 4.78 is 33.4. The number of carboxylic acid groups (broad SMARTS) is 1. The molecule has 2 aromatic carbocycles. The summed E-state index contributed by atoms with van der Waals surface area (Å²) in [4.78, 5) is 14.5. The molecule has 2 bridgehead atoms. The minimum absolute atomic E-state index is 0.00166. The maximum absolute atomic E-state index is 13.0. The number of rotatable bonds is 1. The van der Waals surface area contributed by atoms with Gasteiger partial charge in [0, 0.05) is 31.7 Å². The van der Waals surface area contributed by atoms with Crippen LogP contribution in [0, 0.1) is 0 Å². The molecule has 0 aromatic heterocycles. The highest BCUT2D eigenvalue weighted by Crippen LogP contribution is 2.36. The molecular weight excluding hydrogens is 528 g/mol. The van der Waals surface area contributed by atoms with E-state index in [9.17, 15) is 23.4 Å². The number of anilines is 1. The number of ether oxygens (including phenoxy) is 1. The number of sulfonamides is 1. The quantitative estimate of drug-likeness (QED) is 0.498. The van der Waals surface area contributed by atoms with Crippen LogP contribution in [0.2, 0.25) is 5.02 Å². The fraction of sp³-hybridized carbons (Fsp3) is 0.464. The van der Waals surface area contributed by atoms with Gasteiger partial charge in [0.15, 0.2) is 0 Å². The number of fused-ring (bicyclic) bond motifs is 2. The van der Waals surface area contributed by atoms with Gasteiger partial charge in [0.25, 0.3) is 0 Å². The Kier molecular flexibility index (Phi) is 9.03. The van der Waals surface area contributed by atoms with E-state index >= 15 is 0 Å². The van der Waals surface area contributed by atoms with Crippen LogP contribution in [0.3, 0.4) is 0 Å². The maximum Gasteiger partial charge on any atom is 0.341 e. The molecule has 0 spiro atoms. The van der Waals surface area contributed by atoms with Gasteiger partial charge in [0.2, 0.25) is 15.6 Å². The molecule has 0 amide bonds. The van der Waals surface area contributed by atoms with Gasteiger partial charge in [-0.2, -0.15) is 0 Å². The summed E-state index contributed by atoms with van der Waals surface area (Å²) in [6.45, 7) is 1.84. The first kappa shape index (κ1) is 28.4. The molecule has 8 nitrogen and oxygen atoms in total. The number of likely N-dealkylation sites (N-methyl/N-ethyl adjacent to an activating group) is 1. The Balaban J connectivity index is 1.80. The zero-order chi connectivity index (χ0) is 27.3. The standard InChI is InChI=1S/C28H35ClN2O6S/c1-30-14-6-3-2-4-7-15-31-16-8-5-9-21-17-24(29)12-10-22(21)19-37-26-13-11-23(18-25(26)31)28(34,27(32)33)20-38(30,35)36/h3,6,10-13,17-18,34H,2,4-5,7-9,14-16,19-20H2,1H3,(H,32,33)/b6-3+/t28-/m1/s1. The van der Waals surface area contributed by atoms with Crippen LogP contribution in [0.25, 0.3) is 0 Å². The van der Waals surface area contributed by atoms with Crippen LogP contribution in [0.4, 0.5) is 5.69 Å². The van der Waals surface area contributed by atoms with Crippen LogP contribution in [0.5, 0.6) is 5.75 Å². The van der Waals surface area contributed by atoms with Gasteiger partial charge in [0.05, 0.1) is 5.69 Å². The lowest BCUT2D eigenvalue weighted by atomic mass is 9.95. The second-order valence-corrected chi connectivity index (χ2v) is 12.5. The second kappa shape index (κ2) is 12.1. The topological polar surface area (TPSA) is 107 Å². The second-order valence-electron chi connectivity index (χ2n) is 10.00. The van der Waals surface area contributed by atoms with E-state index in [4.69, 9.17) is 16.3 Å². The molecule has 0 aliphatic carbocycles. The highest BCUT2D eigenvalue weighted by atomic mass is 35.5. The van der Waals surface area contributed by atoms with Crippen LogP contribution < -0.4 is 9.64 Å². The third-order valence-electron chi connectivity index (χ3n) is 7.25. The van der Waals surface area contributed by atoms with Gasteiger partial charge < -0.3 is 19.8 Å². The molecule has 206 valence electrons. The number of hydrogen-bond donors (Lipinski definition) is 2. The number of aliphatic carboxylic acids is 1. The minimum Gasteiger partial charge on any atom is -0.487 e. The molecule has 0 radical (unpaired) electrons. The summed E-state index contributed by atoms with van der Waals surface area (Å²) in [5.74, 6) is -2.05. The van der Waals surface area contributed by atoms with Crippen molar-refractivity contribution in [1.29, 1.82) is 0 Å². The zero-order valence-electron chi connectivity index (χ0n) is 21.6. The summed E-state index contributed by atoms with van der Waals surface area (Å²) in [5, 5.41) is 22.1. The first-order valence-electron chi connectivity index (χ1n) is 12.9. The van der Waals surface area contributed by atoms with Gasteiger partial charge in [-0.25, -0.2) is 17.5 Å². The first-order valence-corrected chi connectivity index (χ1v) is 14.9. The molecule has 2 heterocycles. The Morgan fingerprint density at radius 2 is 1.79 bits per heavy atom. The van der Waals surface area contributed by atoms with Crippen LogP contribution in [-0.2, 0) is 33.4 Å². The molecule has 0 fully saturated rings. The Bertz CT molecular complexity index is 1300. The predicted molar refractivity (Wildman–Crippen MR) is 148 cm³/mol. The number of carboxylic acids is 1. The average Bonchev–Trinajstić information content (AvgIpc) is 2.90. The van der Waals surface area contributed by atoms with E-state index in [2.05, 4.69) is 4.90 Å². The van der Waals surface area contributed by atoms with E-state index in [0.717, 1.165) is 60.5 Å². The fourth-order valence-electron chi connectivity index (χ4n) is 4.90. The number of aryl methyl sites for hydroxylation is 1. The Labute approximate surface area is 229 Å². The molecule has 0 unspecified atom stereocenters. The molecule has 38 heavy (non-hydrogen) atoms. The van der Waals surface area contributed by atoms with Crippen molar-refractivity contribution in [1.82, 2.24) is 4.31 Å². The largest absolute Gasteiger partial charge is 0.487 e. The maximum atomic E-state index is 13.0. The number of halogens is 1. The summed E-state index contributed by atoms with van der Waals surface area (Å²) >= 11 is 6.25. The van der Waals surface area contributed by atoms with E-state index in [1.807, 2.05) is 24.3 Å². The SMILES string of the molecule is CN1C/C=C/CCCCN2CCCCc3cc(Cl)ccc3COc3ccc(cc32)[C@@](O)(C(=O)O)CS1(=O)=O. The number of nitrogens with zero attached hydrogens (tertiary/aromatic N) is 2. The number of hydrogen-bond acceptors (Lipinski definition) is 6. The van der Waals surface area contributed by atoms with Gasteiger partial charge in [-0.15, -0.1) is 0 Å². The van der Waals surface area contributed by atoms with E-state index in [1.165, 1.54) is 13.1 Å². The third-order valence-corrected chi connectivity index (χ3v) is 9.37. The lowest BCUT2D eigenvalue weighted by Gasteiger charge is -2.30. The Morgan fingerprint density at radius 1 is 1.03 bits per heavy atom. The zero-order valence-corrected chi connectivity index (χ0v) is 23.2. The van der Waals surface area contributed by atoms with Crippen LogP contribution in [-0.4, -0.2) is 61.3 Å². The van der Waals surface area contributed by atoms with Crippen LogP contribution >= 0.6 is 11.6 Å². The van der Waals surface area contributed by atoms with Crippen molar-refractivity contribution in [3.63, 3.8) is 0 Å². The average molecular weight is 563 g/mol. The summed E-state index contributed by atoms with van der Waals surface area (Å²) in [5.41, 5.74) is 0.185. The van der Waals surface area contributed by atoms with Crippen molar-refractivity contribution in [2.75, 3.05) is 37.3 Å². The molecule has 4 rings (SSSR count). The molecule has 1 atom stereocenters.